The first-order valence-electron chi connectivity index (χ1n) is 36.5. The number of carbonyl (C=O) groups is 3. The minimum Gasteiger partial charge on any atom is -0.463 e. The molecule has 0 aromatic rings. The zero-order valence-corrected chi connectivity index (χ0v) is 58.2. The molecule has 1 aliphatic carbocycles. The summed E-state index contributed by atoms with van der Waals surface area (Å²) in [7, 11) is -5.69. The average molecular weight is 1370 g/mol. The van der Waals surface area contributed by atoms with Crippen LogP contribution in [0.5, 0.6) is 0 Å². The largest absolute Gasteiger partial charge is 0.472 e. The standard InChI is InChI=1S/C69H127O24P/c1-4-7-10-13-16-19-22-25-27-29-32-34-37-40-43-53(71)85-47-50(88-55(73)45-42-39-36-33-30-26-23-20-17-14-11-8-5-2)48-87-94(83,84)93-67-65(91-68-63(81)58(76)56(74)51(46-70)89-68)61(79)60(78)62(80)66(67)92-69-64(82)59(77)57(75)52(90-69)49-86-54(72)44-41-38-35-31-28-24-21-18-15-12-9-6-3/h27,29,50-52,56-70,74-82H,4-26,28,30-49H2,1-3H3,(H,83,84)/b29-27-. The minimum absolute atomic E-state index is 0.0278. The van der Waals surface area contributed by atoms with Gasteiger partial charge in [-0.05, 0) is 44.9 Å². The number of ether oxygens (including phenoxy) is 7. The molecule has 3 fully saturated rings. The average Bonchev–Trinajstić information content (AvgIpc) is 0.766. The molecular weight excluding hydrogens is 1240 g/mol. The summed E-state index contributed by atoms with van der Waals surface area (Å²) in [6.45, 7) is 3.41. The van der Waals surface area contributed by atoms with Crippen LogP contribution in [0.4, 0.5) is 0 Å². The fraction of sp³-hybridized carbons (Fsp3) is 0.928. The maximum absolute atomic E-state index is 14.3. The number of carbonyl (C=O) groups excluding carboxylic acids is 3. The molecular formula is C69H127O24P. The number of esters is 3. The molecule has 2 heterocycles. The van der Waals surface area contributed by atoms with E-state index in [0.717, 1.165) is 96.3 Å². The van der Waals surface area contributed by atoms with Crippen LogP contribution in [0.25, 0.3) is 0 Å². The van der Waals surface area contributed by atoms with Crippen molar-refractivity contribution >= 4 is 25.7 Å². The zero-order chi connectivity index (χ0) is 68.9. The number of phosphoric acid groups is 1. The summed E-state index contributed by atoms with van der Waals surface area (Å²) in [5.41, 5.74) is 0. The highest BCUT2D eigenvalue weighted by molar-refractivity contribution is 7.47. The van der Waals surface area contributed by atoms with E-state index in [-0.39, 0.29) is 19.3 Å². The van der Waals surface area contributed by atoms with Crippen LogP contribution < -0.4 is 0 Å². The molecule has 552 valence electrons. The van der Waals surface area contributed by atoms with Gasteiger partial charge < -0.3 is 89.1 Å². The van der Waals surface area contributed by atoms with Crippen molar-refractivity contribution in [2.45, 2.75) is 382 Å². The number of rotatable bonds is 56. The quantitative estimate of drug-likeness (QED) is 0.00888. The lowest BCUT2D eigenvalue weighted by Crippen LogP contribution is -2.69. The number of hydrogen-bond acceptors (Lipinski definition) is 23. The minimum atomic E-state index is -5.69. The van der Waals surface area contributed by atoms with Crippen molar-refractivity contribution in [3.63, 3.8) is 0 Å². The highest BCUT2D eigenvalue weighted by Crippen LogP contribution is 2.49. The third-order valence-corrected chi connectivity index (χ3v) is 19.0. The first-order valence-corrected chi connectivity index (χ1v) is 38.0. The third-order valence-electron chi connectivity index (χ3n) is 18.0. The van der Waals surface area contributed by atoms with E-state index in [4.69, 9.17) is 42.2 Å². The summed E-state index contributed by atoms with van der Waals surface area (Å²) < 4.78 is 64.9. The number of hydrogen-bond donors (Lipinski definition) is 11. The highest BCUT2D eigenvalue weighted by Gasteiger charge is 2.58. The fourth-order valence-electron chi connectivity index (χ4n) is 12.0. The topological polar surface area (TPSA) is 374 Å². The summed E-state index contributed by atoms with van der Waals surface area (Å²) in [5, 5.41) is 110. The molecule has 1 saturated carbocycles. The Labute approximate surface area is 561 Å². The van der Waals surface area contributed by atoms with Crippen molar-refractivity contribution in [2.75, 3.05) is 26.4 Å². The van der Waals surface area contributed by atoms with E-state index in [2.05, 4.69) is 32.9 Å². The summed E-state index contributed by atoms with van der Waals surface area (Å²) in [6.07, 6.45) is 8.72. The molecule has 2 saturated heterocycles. The zero-order valence-electron chi connectivity index (χ0n) is 57.3. The monoisotopic (exact) mass is 1370 g/mol. The van der Waals surface area contributed by atoms with Crippen LogP contribution in [0.1, 0.15) is 278 Å². The first-order chi connectivity index (χ1) is 45.3. The lowest BCUT2D eigenvalue weighted by atomic mass is 9.84. The van der Waals surface area contributed by atoms with Gasteiger partial charge in [-0.1, -0.05) is 226 Å². The Kier molecular flexibility index (Phi) is 47.3. The van der Waals surface area contributed by atoms with Crippen LogP contribution in [0.15, 0.2) is 12.2 Å². The van der Waals surface area contributed by atoms with Gasteiger partial charge in [-0.15, -0.1) is 0 Å². The SMILES string of the molecule is CCCCCCCCC/C=C\CCCCCC(=O)OCC(COP(=O)(O)OC1C(OC2OC(CO)C(O)C(O)C2O)C(O)C(O)C(O)C1OC1OC(COC(=O)CCCCCCCCCCCCCC)C(O)C(O)C1O)OC(=O)CCCCCCCCCCCCCCC. The van der Waals surface area contributed by atoms with E-state index in [0.29, 0.717) is 19.3 Å². The lowest BCUT2D eigenvalue weighted by Gasteiger charge is -2.49. The molecule has 0 bridgehead atoms. The second kappa shape index (κ2) is 51.8. The van der Waals surface area contributed by atoms with Gasteiger partial charge in [0.15, 0.2) is 18.7 Å². The predicted molar refractivity (Wildman–Crippen MR) is 352 cm³/mol. The van der Waals surface area contributed by atoms with Gasteiger partial charge in [0.1, 0.15) is 98.7 Å². The van der Waals surface area contributed by atoms with Crippen molar-refractivity contribution in [3.05, 3.63) is 12.2 Å². The molecule has 18 atom stereocenters. The molecule has 2 aliphatic heterocycles. The number of aliphatic hydroxyl groups excluding tert-OH is 10. The molecule has 11 N–H and O–H groups in total. The van der Waals surface area contributed by atoms with Crippen molar-refractivity contribution in [1.29, 1.82) is 0 Å². The molecule has 0 aromatic heterocycles. The molecule has 0 amide bonds. The number of unbranched alkanes of at least 4 members (excludes halogenated alkanes) is 33. The van der Waals surface area contributed by atoms with Gasteiger partial charge in [-0.3, -0.25) is 23.4 Å². The van der Waals surface area contributed by atoms with E-state index < -0.39 is 156 Å². The van der Waals surface area contributed by atoms with E-state index in [1.54, 1.807) is 0 Å². The van der Waals surface area contributed by atoms with E-state index in [1.165, 1.54) is 122 Å². The molecule has 94 heavy (non-hydrogen) atoms. The maximum Gasteiger partial charge on any atom is 0.472 e. The lowest BCUT2D eigenvalue weighted by molar-refractivity contribution is -0.360. The second-order valence-corrected chi connectivity index (χ2v) is 27.7. The van der Waals surface area contributed by atoms with Gasteiger partial charge >= 0.3 is 25.7 Å². The summed E-state index contributed by atoms with van der Waals surface area (Å²) in [6, 6.07) is 0. The first kappa shape index (κ1) is 85.9. The van der Waals surface area contributed by atoms with Gasteiger partial charge in [0.25, 0.3) is 0 Å². The Morgan fingerprint density at radius 3 is 1.16 bits per heavy atom. The predicted octanol–water partition coefficient (Wildman–Crippen LogP) is 9.18. The van der Waals surface area contributed by atoms with Crippen LogP contribution in [-0.4, -0.2) is 204 Å². The smallest absolute Gasteiger partial charge is 0.463 e. The third kappa shape index (κ3) is 35.1. The summed E-state index contributed by atoms with van der Waals surface area (Å²) in [5.74, 6) is -2.00. The van der Waals surface area contributed by atoms with Crippen molar-refractivity contribution in [1.82, 2.24) is 0 Å². The van der Waals surface area contributed by atoms with Crippen LogP contribution >= 0.6 is 7.82 Å². The maximum atomic E-state index is 14.3. The number of aliphatic hydroxyl groups is 10. The Balaban J connectivity index is 1.76. The van der Waals surface area contributed by atoms with E-state index >= 15 is 0 Å². The Hall–Kier alpha value is -2.30. The van der Waals surface area contributed by atoms with Crippen LogP contribution in [-0.2, 0) is 61.2 Å². The molecule has 3 rings (SSSR count). The normalized spacial score (nSPS) is 28.3. The highest BCUT2D eigenvalue weighted by atomic mass is 31.2. The molecule has 25 heteroatoms. The number of allylic oxidation sites excluding steroid dienone is 2. The molecule has 18 unspecified atom stereocenters. The Bertz CT molecular complexity index is 2010. The van der Waals surface area contributed by atoms with Gasteiger partial charge in [-0.2, -0.15) is 0 Å². The van der Waals surface area contributed by atoms with Crippen LogP contribution in [0.3, 0.4) is 0 Å². The molecule has 0 spiro atoms. The van der Waals surface area contributed by atoms with Crippen molar-refractivity contribution in [2.24, 2.45) is 0 Å². The summed E-state index contributed by atoms with van der Waals surface area (Å²) >= 11 is 0. The second-order valence-electron chi connectivity index (χ2n) is 26.3. The summed E-state index contributed by atoms with van der Waals surface area (Å²) in [4.78, 5) is 50.9. The Morgan fingerprint density at radius 1 is 0.404 bits per heavy atom. The molecule has 3 aliphatic rings. The van der Waals surface area contributed by atoms with Crippen molar-refractivity contribution < 1.29 is 117 Å². The fourth-order valence-corrected chi connectivity index (χ4v) is 13.0. The number of phosphoric ester groups is 1. The molecule has 0 aromatic carbocycles. The van der Waals surface area contributed by atoms with Crippen LogP contribution in [0.2, 0.25) is 0 Å². The van der Waals surface area contributed by atoms with Crippen molar-refractivity contribution in [3.8, 4) is 0 Å². The van der Waals surface area contributed by atoms with Gasteiger partial charge in [0.2, 0.25) is 0 Å². The Morgan fingerprint density at radius 2 is 0.745 bits per heavy atom. The van der Waals surface area contributed by atoms with Gasteiger partial charge in [-0.25, -0.2) is 4.57 Å². The molecule has 24 nitrogen and oxygen atoms in total. The molecule has 0 radical (unpaired) electrons. The van der Waals surface area contributed by atoms with Crippen LogP contribution in [0, 0.1) is 0 Å². The van der Waals surface area contributed by atoms with Gasteiger partial charge in [0.05, 0.1) is 13.2 Å². The van der Waals surface area contributed by atoms with E-state index in [9.17, 15) is 74.9 Å². The van der Waals surface area contributed by atoms with E-state index in [1.807, 2.05) is 0 Å². The van der Waals surface area contributed by atoms with Gasteiger partial charge in [0, 0.05) is 19.3 Å².